The third-order valence-electron chi connectivity index (χ3n) is 3.90. The molecule has 0 saturated heterocycles. The number of benzene rings is 1. The van der Waals surface area contributed by atoms with E-state index in [1.54, 1.807) is 18.4 Å². The fourth-order valence-electron chi connectivity index (χ4n) is 2.57. The van der Waals surface area contributed by atoms with Crippen molar-refractivity contribution in [2.75, 3.05) is 24.8 Å². The Hall–Kier alpha value is -1.93. The van der Waals surface area contributed by atoms with Crippen molar-refractivity contribution in [1.29, 1.82) is 0 Å². The summed E-state index contributed by atoms with van der Waals surface area (Å²) in [5, 5.41) is 3.26. The van der Waals surface area contributed by atoms with Crippen molar-refractivity contribution < 1.29 is 9.53 Å². The number of aryl methyl sites for hydroxylation is 1. The summed E-state index contributed by atoms with van der Waals surface area (Å²) in [6, 6.07) is 7.82. The lowest BCUT2D eigenvalue weighted by Gasteiger charge is -2.09. The zero-order chi connectivity index (χ0) is 18.7. The Labute approximate surface area is 164 Å². The summed E-state index contributed by atoms with van der Waals surface area (Å²) in [6.07, 6.45) is 2.26. The summed E-state index contributed by atoms with van der Waals surface area (Å²) in [4.78, 5) is 18.5. The highest BCUT2D eigenvalue weighted by atomic mass is 35.5. The van der Waals surface area contributed by atoms with Crippen LogP contribution in [0.1, 0.15) is 20.8 Å². The van der Waals surface area contributed by atoms with Gasteiger partial charge in [0.25, 0.3) is 5.91 Å². The SMILES string of the molecule is COCCc1cccc(-c2cc(C(=O)Nc3ncc(Cl)s3)c(C)s2)c1N. The Kier molecular flexibility index (Phi) is 5.93. The second-order valence-corrected chi connectivity index (χ2v) is 8.54. The van der Waals surface area contributed by atoms with Gasteiger partial charge in [-0.25, -0.2) is 4.98 Å². The molecule has 0 unspecified atom stereocenters. The largest absolute Gasteiger partial charge is 0.398 e. The number of hydrogen-bond donors (Lipinski definition) is 2. The van der Waals surface area contributed by atoms with Crippen LogP contribution in [0, 0.1) is 6.92 Å². The molecule has 0 radical (unpaired) electrons. The molecule has 0 atom stereocenters. The van der Waals surface area contributed by atoms with Crippen LogP contribution in [0.15, 0.2) is 30.5 Å². The minimum Gasteiger partial charge on any atom is -0.398 e. The number of carbonyl (C=O) groups excluding carboxylic acids is 1. The Morgan fingerprint density at radius 2 is 2.19 bits per heavy atom. The lowest BCUT2D eigenvalue weighted by atomic mass is 10.0. The molecule has 1 aromatic carbocycles. The summed E-state index contributed by atoms with van der Waals surface area (Å²) in [7, 11) is 1.67. The highest BCUT2D eigenvalue weighted by Crippen LogP contribution is 2.36. The van der Waals surface area contributed by atoms with Crippen LogP contribution < -0.4 is 11.1 Å². The van der Waals surface area contributed by atoms with E-state index in [9.17, 15) is 4.79 Å². The van der Waals surface area contributed by atoms with Gasteiger partial charge in [0, 0.05) is 28.1 Å². The standard InChI is InChI=1S/C18H18ClN3O2S2/c1-10-13(17(23)22-18-21-9-15(19)26-18)8-14(25-10)12-5-3-4-11(16(12)20)6-7-24-2/h3-5,8-9H,6-7,20H2,1-2H3,(H,21,22,23). The molecule has 3 rings (SSSR count). The van der Waals surface area contributed by atoms with Crippen LogP contribution in [0.25, 0.3) is 10.4 Å². The number of halogens is 1. The summed E-state index contributed by atoms with van der Waals surface area (Å²) in [5.41, 5.74) is 9.66. The molecule has 5 nitrogen and oxygen atoms in total. The molecule has 2 aromatic heterocycles. The summed E-state index contributed by atoms with van der Waals surface area (Å²) in [5.74, 6) is -0.204. The molecule has 1 amide bonds. The number of thiophene rings is 1. The van der Waals surface area contributed by atoms with E-state index < -0.39 is 0 Å². The number of nitrogens with zero attached hydrogens (tertiary/aromatic N) is 1. The van der Waals surface area contributed by atoms with Gasteiger partial charge in [-0.15, -0.1) is 11.3 Å². The number of rotatable bonds is 6. The maximum Gasteiger partial charge on any atom is 0.258 e. The van der Waals surface area contributed by atoms with E-state index in [0.717, 1.165) is 33.0 Å². The maximum atomic E-state index is 12.6. The highest BCUT2D eigenvalue weighted by molar-refractivity contribution is 7.19. The second-order valence-electron chi connectivity index (χ2n) is 5.63. The van der Waals surface area contributed by atoms with Crippen molar-refractivity contribution in [2.24, 2.45) is 0 Å². The number of para-hydroxylation sites is 1. The molecule has 0 aliphatic rings. The Morgan fingerprint density at radius 3 is 2.88 bits per heavy atom. The van der Waals surface area contributed by atoms with Crippen LogP contribution in [0.3, 0.4) is 0 Å². The van der Waals surface area contributed by atoms with Gasteiger partial charge in [0.15, 0.2) is 5.13 Å². The lowest BCUT2D eigenvalue weighted by Crippen LogP contribution is -2.11. The number of hydrogen-bond acceptors (Lipinski definition) is 6. The second kappa shape index (κ2) is 8.18. The first-order valence-electron chi connectivity index (χ1n) is 7.89. The molecular formula is C18H18ClN3O2S2. The first-order valence-corrected chi connectivity index (χ1v) is 9.90. The van der Waals surface area contributed by atoms with Gasteiger partial charge in [0.1, 0.15) is 4.34 Å². The van der Waals surface area contributed by atoms with Gasteiger partial charge < -0.3 is 10.5 Å². The van der Waals surface area contributed by atoms with E-state index in [2.05, 4.69) is 10.3 Å². The quantitative estimate of drug-likeness (QED) is 0.572. The lowest BCUT2D eigenvalue weighted by molar-refractivity contribution is 0.102. The molecule has 8 heteroatoms. The molecular weight excluding hydrogens is 390 g/mol. The summed E-state index contributed by atoms with van der Waals surface area (Å²) < 4.78 is 5.67. The number of thiazole rings is 1. The number of methoxy groups -OCH3 is 1. The van der Waals surface area contributed by atoms with Crippen LogP contribution in [0.2, 0.25) is 4.34 Å². The van der Waals surface area contributed by atoms with Crippen molar-refractivity contribution in [3.05, 3.63) is 50.8 Å². The minimum atomic E-state index is -0.204. The van der Waals surface area contributed by atoms with Gasteiger partial charge in [0.05, 0.1) is 18.4 Å². The van der Waals surface area contributed by atoms with E-state index in [1.165, 1.54) is 17.5 Å². The summed E-state index contributed by atoms with van der Waals surface area (Å²) in [6.45, 7) is 2.53. The van der Waals surface area contributed by atoms with E-state index in [1.807, 2.05) is 31.2 Å². The van der Waals surface area contributed by atoms with Gasteiger partial charge in [-0.2, -0.15) is 0 Å². The molecule has 3 aromatic rings. The predicted octanol–water partition coefficient (Wildman–Crippen LogP) is 4.86. The Morgan fingerprint density at radius 1 is 1.38 bits per heavy atom. The molecule has 136 valence electrons. The Bertz CT molecular complexity index is 936. The normalized spacial score (nSPS) is 10.9. The van der Waals surface area contributed by atoms with Crippen LogP contribution in [-0.2, 0) is 11.2 Å². The molecule has 0 fully saturated rings. The van der Waals surface area contributed by atoms with Gasteiger partial charge in [-0.05, 0) is 25.0 Å². The number of nitrogen functional groups attached to an aromatic ring is 1. The number of ether oxygens (including phenoxy) is 1. The average Bonchev–Trinajstić information content (AvgIpc) is 3.19. The van der Waals surface area contributed by atoms with E-state index in [-0.39, 0.29) is 5.91 Å². The third kappa shape index (κ3) is 4.07. The van der Waals surface area contributed by atoms with Crippen molar-refractivity contribution in [2.45, 2.75) is 13.3 Å². The summed E-state index contributed by atoms with van der Waals surface area (Å²) >= 11 is 8.63. The predicted molar refractivity (Wildman–Crippen MR) is 110 cm³/mol. The van der Waals surface area contributed by atoms with Crippen molar-refractivity contribution in [3.63, 3.8) is 0 Å². The fourth-order valence-corrected chi connectivity index (χ4v) is 4.44. The third-order valence-corrected chi connectivity index (χ3v) is 6.01. The maximum absolute atomic E-state index is 12.6. The smallest absolute Gasteiger partial charge is 0.258 e. The number of aromatic nitrogens is 1. The van der Waals surface area contributed by atoms with Gasteiger partial charge in [-0.1, -0.05) is 41.1 Å². The van der Waals surface area contributed by atoms with Crippen molar-refractivity contribution in [3.8, 4) is 10.4 Å². The van der Waals surface area contributed by atoms with E-state index >= 15 is 0 Å². The molecule has 26 heavy (non-hydrogen) atoms. The molecule has 0 spiro atoms. The molecule has 0 aliphatic carbocycles. The van der Waals surface area contributed by atoms with Crippen molar-refractivity contribution in [1.82, 2.24) is 4.98 Å². The van der Waals surface area contributed by atoms with Gasteiger partial charge in [-0.3, -0.25) is 10.1 Å². The van der Waals surface area contributed by atoms with Crippen LogP contribution in [0.4, 0.5) is 10.8 Å². The Balaban J connectivity index is 1.87. The van der Waals surface area contributed by atoms with Gasteiger partial charge >= 0.3 is 0 Å². The number of amides is 1. The number of nitrogens with one attached hydrogen (secondary N) is 1. The average molecular weight is 408 g/mol. The van der Waals surface area contributed by atoms with Crippen molar-refractivity contribution >= 4 is 51.0 Å². The monoisotopic (exact) mass is 407 g/mol. The van der Waals surface area contributed by atoms with Gasteiger partial charge in [0.2, 0.25) is 0 Å². The fraction of sp³-hybridized carbons (Fsp3) is 0.222. The highest BCUT2D eigenvalue weighted by Gasteiger charge is 2.17. The first-order chi connectivity index (χ1) is 12.5. The molecule has 0 saturated carbocycles. The number of nitrogens with two attached hydrogens (primary N) is 1. The van der Waals surface area contributed by atoms with Crippen LogP contribution in [0.5, 0.6) is 0 Å². The van der Waals surface area contributed by atoms with E-state index in [4.69, 9.17) is 22.1 Å². The number of carbonyl (C=O) groups is 1. The molecule has 0 aliphatic heterocycles. The van der Waals surface area contributed by atoms with E-state index in [0.29, 0.717) is 21.6 Å². The zero-order valence-corrected chi connectivity index (χ0v) is 16.7. The minimum absolute atomic E-state index is 0.204. The molecule has 0 bridgehead atoms. The molecule has 2 heterocycles. The number of anilines is 2. The van der Waals surface area contributed by atoms with Crippen LogP contribution >= 0.6 is 34.3 Å². The first kappa shape index (κ1) is 18.8. The zero-order valence-electron chi connectivity index (χ0n) is 14.3. The van der Waals surface area contributed by atoms with Crippen LogP contribution in [-0.4, -0.2) is 24.6 Å². The molecule has 3 N–H and O–H groups in total. The topological polar surface area (TPSA) is 77.2 Å².